The normalized spacial score (nSPS) is 18.2. The van der Waals surface area contributed by atoms with Gasteiger partial charge in [-0.15, -0.1) is 0 Å². The molecule has 0 unspecified atom stereocenters. The van der Waals surface area contributed by atoms with Crippen LogP contribution in [-0.2, 0) is 30.3 Å². The number of ketones is 2. The highest BCUT2D eigenvalue weighted by atomic mass is 16.5. The van der Waals surface area contributed by atoms with E-state index in [9.17, 15) is 29.1 Å². The minimum atomic E-state index is -1.11. The molecule has 0 spiro atoms. The van der Waals surface area contributed by atoms with Crippen molar-refractivity contribution in [2.75, 3.05) is 6.54 Å². The number of unbranched alkanes of at least 4 members (excludes halogenated alkanes) is 3. The summed E-state index contributed by atoms with van der Waals surface area (Å²) in [6.07, 6.45) is 5.99. The van der Waals surface area contributed by atoms with Crippen LogP contribution >= 0.6 is 0 Å². The number of benzene rings is 2. The molecule has 1 aliphatic heterocycles. The average Bonchev–Trinajstić information content (AvgIpc) is 3.57. The summed E-state index contributed by atoms with van der Waals surface area (Å²) in [5.41, 5.74) is 3.50. The lowest BCUT2D eigenvalue weighted by molar-refractivity contribution is -0.143. The van der Waals surface area contributed by atoms with Gasteiger partial charge in [0.2, 0.25) is 11.8 Å². The van der Waals surface area contributed by atoms with Crippen LogP contribution in [0.2, 0.25) is 0 Å². The Morgan fingerprint density at radius 1 is 0.885 bits per heavy atom. The smallest absolute Gasteiger partial charge is 0.326 e. The van der Waals surface area contributed by atoms with Crippen molar-refractivity contribution in [1.82, 2.24) is 16.0 Å². The Morgan fingerprint density at radius 3 is 2.08 bits per heavy atom. The second-order valence-corrected chi connectivity index (χ2v) is 15.5. The Morgan fingerprint density at radius 2 is 1.50 bits per heavy atom. The first-order valence-corrected chi connectivity index (χ1v) is 19.1. The Hall–Kier alpha value is -3.89. The Bertz CT molecular complexity index is 1480. The minimum absolute atomic E-state index is 0.0114. The van der Waals surface area contributed by atoms with E-state index in [2.05, 4.69) is 47.1 Å². The number of aryl methyl sites for hydroxylation is 1. The number of hydrogen-bond acceptors (Lipinski definition) is 7. The first kappa shape index (κ1) is 42.5. The summed E-state index contributed by atoms with van der Waals surface area (Å²) in [6.45, 7) is 13.5. The molecule has 286 valence electrons. The zero-order chi connectivity index (χ0) is 38.4. The lowest BCUT2D eigenvalue weighted by Crippen LogP contribution is -2.54. The summed E-state index contributed by atoms with van der Waals surface area (Å²) in [7, 11) is 0. The Labute approximate surface area is 310 Å². The van der Waals surface area contributed by atoms with Gasteiger partial charge >= 0.3 is 5.97 Å². The van der Waals surface area contributed by atoms with Gasteiger partial charge in [0.1, 0.15) is 12.1 Å². The van der Waals surface area contributed by atoms with Gasteiger partial charge < -0.3 is 25.8 Å². The van der Waals surface area contributed by atoms with Gasteiger partial charge in [-0.2, -0.15) is 0 Å². The molecule has 1 fully saturated rings. The quantitative estimate of drug-likeness (QED) is 0.0825. The highest BCUT2D eigenvalue weighted by Gasteiger charge is 2.37. The largest absolute Gasteiger partial charge is 0.480 e. The van der Waals surface area contributed by atoms with E-state index < -0.39 is 47.6 Å². The zero-order valence-electron chi connectivity index (χ0n) is 32.3. The van der Waals surface area contributed by atoms with Crippen molar-refractivity contribution in [3.05, 3.63) is 59.7 Å². The van der Waals surface area contributed by atoms with Crippen molar-refractivity contribution in [2.24, 2.45) is 11.8 Å². The predicted molar refractivity (Wildman–Crippen MR) is 204 cm³/mol. The molecule has 1 heterocycles. The summed E-state index contributed by atoms with van der Waals surface area (Å²) in [5.74, 6) is -3.25. The van der Waals surface area contributed by atoms with Crippen LogP contribution in [0.3, 0.4) is 0 Å². The fourth-order valence-electron chi connectivity index (χ4n) is 6.67. The molecule has 10 heteroatoms. The summed E-state index contributed by atoms with van der Waals surface area (Å²) < 4.78 is 6.08. The highest BCUT2D eigenvalue weighted by molar-refractivity contribution is 5.97. The summed E-state index contributed by atoms with van der Waals surface area (Å²) in [5, 5.41) is 18.3. The van der Waals surface area contributed by atoms with Gasteiger partial charge in [0.25, 0.3) is 0 Å². The maximum absolute atomic E-state index is 13.6. The van der Waals surface area contributed by atoms with E-state index in [0.717, 1.165) is 36.8 Å². The van der Waals surface area contributed by atoms with E-state index >= 15 is 0 Å². The van der Waals surface area contributed by atoms with Crippen LogP contribution in [-0.4, -0.2) is 70.8 Å². The van der Waals surface area contributed by atoms with Gasteiger partial charge in [-0.3, -0.25) is 19.2 Å². The summed E-state index contributed by atoms with van der Waals surface area (Å²) in [4.78, 5) is 65.1. The molecule has 0 bridgehead atoms. The molecule has 2 aromatic carbocycles. The maximum Gasteiger partial charge on any atom is 0.326 e. The molecule has 6 atom stereocenters. The van der Waals surface area contributed by atoms with Crippen molar-refractivity contribution < 1.29 is 33.8 Å². The van der Waals surface area contributed by atoms with Crippen LogP contribution < -0.4 is 16.0 Å². The Kier molecular flexibility index (Phi) is 16.7. The third-order valence-corrected chi connectivity index (χ3v) is 9.65. The lowest BCUT2D eigenvalue weighted by Gasteiger charge is -2.31. The van der Waals surface area contributed by atoms with Crippen LogP contribution in [0.1, 0.15) is 122 Å². The van der Waals surface area contributed by atoms with E-state index in [0.29, 0.717) is 31.4 Å². The number of carboxylic acid groups (broad SMARTS) is 1. The number of nitrogens with one attached hydrogen (secondary N) is 3. The van der Waals surface area contributed by atoms with Gasteiger partial charge in [0, 0.05) is 24.3 Å². The monoisotopic (exact) mass is 719 g/mol. The number of Topliss-reactive ketones (excluding diaryl/α,β-unsaturated/α-hetero) is 2. The average molecular weight is 720 g/mol. The van der Waals surface area contributed by atoms with Crippen molar-refractivity contribution in [2.45, 2.75) is 143 Å². The zero-order valence-corrected chi connectivity index (χ0v) is 32.3. The molecule has 0 radical (unpaired) electrons. The van der Waals surface area contributed by atoms with Crippen molar-refractivity contribution in [1.29, 1.82) is 0 Å². The first-order chi connectivity index (χ1) is 24.6. The van der Waals surface area contributed by atoms with Gasteiger partial charge in [0.15, 0.2) is 11.6 Å². The third kappa shape index (κ3) is 13.6. The second-order valence-electron chi connectivity index (χ2n) is 15.5. The number of ether oxygens (including phenoxy) is 1. The molecule has 2 aromatic rings. The van der Waals surface area contributed by atoms with Crippen LogP contribution in [0, 0.1) is 11.8 Å². The standard InChI is InChI=1S/C42H61N3O7/c1-8-10-12-14-34(41(50)51)44-39(48)27(3)23-37(47)38(28(4)52-42(5,6)7)45-40(49)35-24-30(26-43-35)25-36(46)33-21-19-32(20-22-33)31-17-15-29(16-18-31)13-11-9-2/h15-22,27-28,30,34-35,38,43H,8-14,23-26H2,1-7H3,(H,44,48)(H,45,49)(H,50,51)/t27-,28-,30-,34+,35+,38+/m1/s1. The molecule has 10 nitrogen and oxygen atoms in total. The Balaban J connectivity index is 1.59. The van der Waals surface area contributed by atoms with Crippen molar-refractivity contribution in [3.8, 4) is 11.1 Å². The fraction of sp³-hybridized carbons (Fsp3) is 0.595. The number of aliphatic carboxylic acids is 1. The van der Waals surface area contributed by atoms with Crippen LogP contribution in [0.4, 0.5) is 0 Å². The van der Waals surface area contributed by atoms with Crippen molar-refractivity contribution in [3.63, 3.8) is 0 Å². The van der Waals surface area contributed by atoms with Gasteiger partial charge in [-0.05, 0) is 82.5 Å². The second kappa shape index (κ2) is 20.4. The van der Waals surface area contributed by atoms with Crippen LogP contribution in [0.25, 0.3) is 11.1 Å². The van der Waals surface area contributed by atoms with E-state index in [4.69, 9.17) is 4.74 Å². The molecule has 1 aliphatic rings. The van der Waals surface area contributed by atoms with Gasteiger partial charge in [-0.1, -0.05) is 95.0 Å². The number of hydrogen-bond donors (Lipinski definition) is 4. The molecule has 1 saturated heterocycles. The van der Waals surface area contributed by atoms with Crippen molar-refractivity contribution >= 4 is 29.4 Å². The van der Waals surface area contributed by atoms with Crippen LogP contribution in [0.5, 0.6) is 0 Å². The molecular weight excluding hydrogens is 658 g/mol. The lowest BCUT2D eigenvalue weighted by atomic mass is 9.93. The van der Waals surface area contributed by atoms with E-state index in [1.165, 1.54) is 12.0 Å². The number of carbonyl (C=O) groups excluding carboxylic acids is 4. The van der Waals surface area contributed by atoms with E-state index in [1.807, 2.05) is 52.0 Å². The summed E-state index contributed by atoms with van der Waals surface area (Å²) in [6, 6.07) is 13.6. The molecule has 0 aliphatic carbocycles. The maximum atomic E-state index is 13.6. The number of amides is 2. The third-order valence-electron chi connectivity index (χ3n) is 9.65. The highest BCUT2D eigenvalue weighted by Crippen LogP contribution is 2.25. The van der Waals surface area contributed by atoms with Crippen LogP contribution in [0.15, 0.2) is 48.5 Å². The minimum Gasteiger partial charge on any atom is -0.480 e. The first-order valence-electron chi connectivity index (χ1n) is 19.1. The molecule has 0 aromatic heterocycles. The molecule has 2 amide bonds. The predicted octanol–water partition coefficient (Wildman–Crippen LogP) is 6.68. The van der Waals surface area contributed by atoms with Gasteiger partial charge in [0.05, 0.1) is 17.7 Å². The van der Waals surface area contributed by atoms with E-state index in [1.54, 1.807) is 13.8 Å². The van der Waals surface area contributed by atoms with E-state index in [-0.39, 0.29) is 36.2 Å². The molecule has 52 heavy (non-hydrogen) atoms. The molecule has 0 saturated carbocycles. The molecular formula is C42H61N3O7. The summed E-state index contributed by atoms with van der Waals surface area (Å²) >= 11 is 0. The molecule has 4 N–H and O–H groups in total. The number of carbonyl (C=O) groups is 5. The SMILES string of the molecule is CCCCC[C@H](NC(=O)[C@H](C)CC(=O)[C@@H](NC(=O)[C@@H]1C[C@H](CC(=O)c2ccc(-c3ccc(CCCC)cc3)cc2)CN1)[C@@H](C)OC(C)(C)C)C(=O)O. The fourth-order valence-corrected chi connectivity index (χ4v) is 6.67. The number of carboxylic acids is 1. The van der Waals surface area contributed by atoms with Gasteiger partial charge in [-0.25, -0.2) is 4.79 Å². The number of rotatable bonds is 21. The molecule has 3 rings (SSSR count). The topological polar surface area (TPSA) is 151 Å².